The van der Waals surface area contributed by atoms with Gasteiger partial charge in [-0.05, 0) is 37.8 Å². The third-order valence-electron chi connectivity index (χ3n) is 6.13. The molecule has 2 aromatic rings. The van der Waals surface area contributed by atoms with Crippen molar-refractivity contribution in [1.82, 2.24) is 9.97 Å². The molecule has 2 aliphatic rings. The molecule has 2 aromatic heterocycles. The van der Waals surface area contributed by atoms with Crippen molar-refractivity contribution in [3.63, 3.8) is 0 Å². The normalized spacial score (nSPS) is 19.2. The van der Waals surface area contributed by atoms with Gasteiger partial charge >= 0.3 is 5.97 Å². The highest BCUT2D eigenvalue weighted by Gasteiger charge is 2.40. The van der Waals surface area contributed by atoms with E-state index in [0.29, 0.717) is 17.7 Å². The zero-order chi connectivity index (χ0) is 21.4. The second kappa shape index (κ2) is 7.93. The molecular formula is C22H27N5O3. The molecule has 1 aliphatic carbocycles. The van der Waals surface area contributed by atoms with Gasteiger partial charge in [0.1, 0.15) is 17.7 Å². The van der Waals surface area contributed by atoms with Gasteiger partial charge in [-0.1, -0.05) is 19.8 Å². The molecule has 8 nitrogen and oxygen atoms in total. The third kappa shape index (κ3) is 3.46. The van der Waals surface area contributed by atoms with Crippen molar-refractivity contribution in [2.24, 2.45) is 0 Å². The molecule has 1 fully saturated rings. The van der Waals surface area contributed by atoms with Crippen LogP contribution in [0.25, 0.3) is 0 Å². The lowest BCUT2D eigenvalue weighted by atomic mass is 10.0. The lowest BCUT2D eigenvalue weighted by Gasteiger charge is -2.44. The quantitative estimate of drug-likeness (QED) is 0.776. The number of rotatable bonds is 5. The average molecular weight is 409 g/mol. The monoisotopic (exact) mass is 409 g/mol. The van der Waals surface area contributed by atoms with Gasteiger partial charge in [0, 0.05) is 25.4 Å². The van der Waals surface area contributed by atoms with Crippen LogP contribution in [0, 0.1) is 6.92 Å². The Morgan fingerprint density at radius 2 is 1.93 bits per heavy atom. The van der Waals surface area contributed by atoms with E-state index < -0.39 is 5.97 Å². The number of hydrogen-bond acceptors (Lipinski definition) is 6. The number of hydrogen-bond donors (Lipinski definition) is 2. The van der Waals surface area contributed by atoms with Crippen molar-refractivity contribution in [2.75, 3.05) is 22.2 Å². The molecule has 0 spiro atoms. The Balaban J connectivity index is 1.71. The molecule has 3 heterocycles. The highest BCUT2D eigenvalue weighted by molar-refractivity contribution is 6.05. The van der Waals surface area contributed by atoms with Gasteiger partial charge in [-0.3, -0.25) is 4.79 Å². The Hall–Kier alpha value is -3.16. The number of amides is 1. The third-order valence-corrected chi connectivity index (χ3v) is 6.13. The maximum Gasteiger partial charge on any atom is 0.337 e. The highest BCUT2D eigenvalue weighted by atomic mass is 16.4. The second-order valence-electron chi connectivity index (χ2n) is 8.04. The van der Waals surface area contributed by atoms with Crippen LogP contribution < -0.4 is 15.1 Å². The van der Waals surface area contributed by atoms with E-state index in [-0.39, 0.29) is 17.5 Å². The molecule has 0 aromatic carbocycles. The number of nitrogens with zero attached hydrogens (tertiary/aromatic N) is 4. The number of anilines is 4. The summed E-state index contributed by atoms with van der Waals surface area (Å²) in [5, 5.41) is 12.4. The summed E-state index contributed by atoms with van der Waals surface area (Å²) >= 11 is 0. The Morgan fingerprint density at radius 1 is 1.20 bits per heavy atom. The summed E-state index contributed by atoms with van der Waals surface area (Å²) < 4.78 is 0. The summed E-state index contributed by atoms with van der Waals surface area (Å²) in [5.41, 5.74) is 2.69. The molecule has 30 heavy (non-hydrogen) atoms. The van der Waals surface area contributed by atoms with Crippen LogP contribution in [0.5, 0.6) is 0 Å². The van der Waals surface area contributed by atoms with E-state index in [2.05, 4.69) is 27.1 Å². The molecule has 2 N–H and O–H groups in total. The molecule has 1 atom stereocenters. The summed E-state index contributed by atoms with van der Waals surface area (Å²) in [7, 11) is 1.81. The molecule has 0 saturated heterocycles. The van der Waals surface area contributed by atoms with Gasteiger partial charge in [0.2, 0.25) is 5.91 Å². The van der Waals surface area contributed by atoms with E-state index in [1.165, 1.54) is 19.0 Å². The average Bonchev–Trinajstić information content (AvgIpc) is 3.26. The Labute approximate surface area is 175 Å². The lowest BCUT2D eigenvalue weighted by molar-refractivity contribution is -0.120. The number of aryl methyl sites for hydroxylation is 1. The van der Waals surface area contributed by atoms with Gasteiger partial charge in [0.05, 0.1) is 23.1 Å². The SMILES string of the molecule is CCC1C(=O)N(C)c2cnc(Nc3ncc(C(=O)O)cc3C)cc2N1C1CCCC1. The Bertz CT molecular complexity index is 987. The van der Waals surface area contributed by atoms with Crippen LogP contribution in [0.1, 0.15) is 54.9 Å². The zero-order valence-electron chi connectivity index (χ0n) is 17.6. The van der Waals surface area contributed by atoms with Gasteiger partial charge in [-0.2, -0.15) is 0 Å². The van der Waals surface area contributed by atoms with Crippen molar-refractivity contribution in [2.45, 2.75) is 58.0 Å². The molecule has 1 aliphatic heterocycles. The van der Waals surface area contributed by atoms with E-state index in [0.717, 1.165) is 36.2 Å². The van der Waals surface area contributed by atoms with E-state index in [9.17, 15) is 9.59 Å². The number of pyridine rings is 2. The maximum atomic E-state index is 13.0. The van der Waals surface area contributed by atoms with Gasteiger partial charge in [0.15, 0.2) is 0 Å². The number of carbonyl (C=O) groups excluding carboxylic acids is 1. The van der Waals surface area contributed by atoms with Crippen LogP contribution in [0.4, 0.5) is 23.0 Å². The topological polar surface area (TPSA) is 98.7 Å². The summed E-state index contributed by atoms with van der Waals surface area (Å²) in [6, 6.07) is 3.75. The van der Waals surface area contributed by atoms with Gasteiger partial charge in [0.25, 0.3) is 0 Å². The van der Waals surface area contributed by atoms with E-state index in [1.807, 2.05) is 13.0 Å². The number of carbonyl (C=O) groups is 2. The summed E-state index contributed by atoms with van der Waals surface area (Å²) in [6.07, 6.45) is 8.37. The number of fused-ring (bicyclic) bond motifs is 1. The standard InChI is InChI=1S/C22H27N5O3/c1-4-16-21(28)26(3)18-12-23-19(10-17(18)27(16)15-7-5-6-8-15)25-20-13(2)9-14(11-24-20)22(29)30/h9-12,15-16H,4-8H2,1-3H3,(H,29,30)(H,23,24,25). The molecule has 8 heteroatoms. The van der Waals surface area contributed by atoms with E-state index in [1.54, 1.807) is 24.2 Å². The van der Waals surface area contributed by atoms with Crippen molar-refractivity contribution < 1.29 is 14.7 Å². The van der Waals surface area contributed by atoms with Crippen LogP contribution in [-0.4, -0.2) is 46.1 Å². The fourth-order valence-corrected chi connectivity index (χ4v) is 4.55. The first-order valence-electron chi connectivity index (χ1n) is 10.4. The molecule has 1 unspecified atom stereocenters. The number of carboxylic acids is 1. The fraction of sp³-hybridized carbons (Fsp3) is 0.455. The van der Waals surface area contributed by atoms with E-state index >= 15 is 0 Å². The van der Waals surface area contributed by atoms with E-state index in [4.69, 9.17) is 5.11 Å². The Morgan fingerprint density at radius 3 is 2.57 bits per heavy atom. The molecule has 4 rings (SSSR count). The largest absolute Gasteiger partial charge is 0.478 e. The van der Waals surface area contributed by atoms with Crippen LogP contribution in [0.2, 0.25) is 0 Å². The molecule has 1 saturated carbocycles. The van der Waals surface area contributed by atoms with Crippen LogP contribution in [0.15, 0.2) is 24.5 Å². The number of aromatic nitrogens is 2. The minimum Gasteiger partial charge on any atom is -0.478 e. The minimum atomic E-state index is -1.01. The lowest BCUT2D eigenvalue weighted by Crippen LogP contribution is -2.55. The molecule has 158 valence electrons. The first kappa shape index (κ1) is 20.1. The van der Waals surface area contributed by atoms with Gasteiger partial charge < -0.3 is 20.2 Å². The van der Waals surface area contributed by atoms with Gasteiger partial charge in [-0.15, -0.1) is 0 Å². The smallest absolute Gasteiger partial charge is 0.337 e. The number of likely N-dealkylation sites (N-methyl/N-ethyl adjacent to an activating group) is 1. The van der Waals surface area contributed by atoms with Crippen LogP contribution >= 0.6 is 0 Å². The summed E-state index contributed by atoms with van der Waals surface area (Å²) in [5.74, 6) is 0.288. The Kier molecular flexibility index (Phi) is 5.32. The number of carboxylic acid groups (broad SMARTS) is 1. The van der Waals surface area contributed by atoms with Crippen molar-refractivity contribution in [1.29, 1.82) is 0 Å². The minimum absolute atomic E-state index is 0.112. The first-order valence-corrected chi connectivity index (χ1v) is 10.4. The molecule has 0 bridgehead atoms. The number of nitrogens with one attached hydrogen (secondary N) is 1. The fourth-order valence-electron chi connectivity index (χ4n) is 4.55. The number of aromatic carboxylic acids is 1. The zero-order valence-corrected chi connectivity index (χ0v) is 17.6. The predicted octanol–water partition coefficient (Wildman–Crippen LogP) is 3.73. The predicted molar refractivity (Wildman–Crippen MR) is 116 cm³/mol. The molecular weight excluding hydrogens is 382 g/mol. The molecule has 0 radical (unpaired) electrons. The van der Waals surface area contributed by atoms with Crippen LogP contribution in [0.3, 0.4) is 0 Å². The van der Waals surface area contributed by atoms with Crippen molar-refractivity contribution >= 4 is 34.9 Å². The highest BCUT2D eigenvalue weighted by Crippen LogP contribution is 2.41. The van der Waals surface area contributed by atoms with Crippen LogP contribution in [-0.2, 0) is 4.79 Å². The van der Waals surface area contributed by atoms with Crippen molar-refractivity contribution in [3.05, 3.63) is 35.7 Å². The van der Waals surface area contributed by atoms with Crippen molar-refractivity contribution in [3.8, 4) is 0 Å². The van der Waals surface area contributed by atoms with Gasteiger partial charge in [-0.25, -0.2) is 14.8 Å². The summed E-state index contributed by atoms with van der Waals surface area (Å²) in [4.78, 5) is 36.9. The maximum absolute atomic E-state index is 13.0. The summed E-state index contributed by atoms with van der Waals surface area (Å²) in [6.45, 7) is 3.87. The second-order valence-corrected chi connectivity index (χ2v) is 8.04. The molecule has 1 amide bonds. The first-order chi connectivity index (χ1) is 14.4.